The molecule has 0 radical (unpaired) electrons. The van der Waals surface area contributed by atoms with Gasteiger partial charge >= 0.3 is 0 Å². The predicted octanol–water partition coefficient (Wildman–Crippen LogP) is 2.64. The van der Waals surface area contributed by atoms with Crippen LogP contribution in [0.4, 0.5) is 0 Å². The van der Waals surface area contributed by atoms with Gasteiger partial charge in [-0.25, -0.2) is 0 Å². The Labute approximate surface area is 130 Å². The van der Waals surface area contributed by atoms with Crippen LogP contribution in [0.25, 0.3) is 0 Å². The lowest BCUT2D eigenvalue weighted by Gasteiger charge is -2.36. The minimum Gasteiger partial charge on any atom is -0.394 e. The SMILES string of the molecule is CC(C)C1CCN(CCC2CCCC2(CO)NC2CC2)C1. The Morgan fingerprint density at radius 2 is 2.05 bits per heavy atom. The number of nitrogens with one attached hydrogen (secondary N) is 1. The van der Waals surface area contributed by atoms with Gasteiger partial charge in [0.15, 0.2) is 0 Å². The van der Waals surface area contributed by atoms with E-state index >= 15 is 0 Å². The van der Waals surface area contributed by atoms with Crippen molar-refractivity contribution < 1.29 is 5.11 Å². The Hall–Kier alpha value is -0.120. The van der Waals surface area contributed by atoms with Crippen molar-refractivity contribution in [1.29, 1.82) is 0 Å². The van der Waals surface area contributed by atoms with Crippen molar-refractivity contribution >= 4 is 0 Å². The molecule has 3 rings (SSSR count). The van der Waals surface area contributed by atoms with Crippen LogP contribution in [0.3, 0.4) is 0 Å². The van der Waals surface area contributed by atoms with Crippen LogP contribution >= 0.6 is 0 Å². The third kappa shape index (κ3) is 3.62. The lowest BCUT2D eigenvalue weighted by atomic mass is 9.85. The third-order valence-corrected chi connectivity index (χ3v) is 6.35. The average molecular weight is 294 g/mol. The number of likely N-dealkylation sites (tertiary alicyclic amines) is 1. The van der Waals surface area contributed by atoms with Crippen LogP contribution in [0.1, 0.15) is 58.8 Å². The fourth-order valence-corrected chi connectivity index (χ4v) is 4.59. The van der Waals surface area contributed by atoms with Gasteiger partial charge in [0.2, 0.25) is 0 Å². The molecule has 0 aromatic heterocycles. The summed E-state index contributed by atoms with van der Waals surface area (Å²) in [6, 6.07) is 0.704. The second kappa shape index (κ2) is 6.55. The largest absolute Gasteiger partial charge is 0.394 e. The van der Waals surface area contributed by atoms with E-state index in [-0.39, 0.29) is 5.54 Å². The van der Waals surface area contributed by atoms with Crippen LogP contribution in [0.5, 0.6) is 0 Å². The smallest absolute Gasteiger partial charge is 0.0616 e. The highest BCUT2D eigenvalue weighted by Gasteiger charge is 2.45. The Morgan fingerprint density at radius 3 is 2.67 bits per heavy atom. The summed E-state index contributed by atoms with van der Waals surface area (Å²) in [7, 11) is 0. The number of hydrogen-bond donors (Lipinski definition) is 2. The van der Waals surface area contributed by atoms with E-state index in [4.69, 9.17) is 0 Å². The van der Waals surface area contributed by atoms with Gasteiger partial charge in [0.05, 0.1) is 6.61 Å². The molecule has 0 aromatic rings. The lowest BCUT2D eigenvalue weighted by Crippen LogP contribution is -2.53. The van der Waals surface area contributed by atoms with E-state index < -0.39 is 0 Å². The molecule has 3 heteroatoms. The summed E-state index contributed by atoms with van der Waals surface area (Å²) in [5.41, 5.74) is 0.0539. The normalized spacial score (nSPS) is 37.7. The van der Waals surface area contributed by atoms with Crippen LogP contribution in [-0.4, -0.2) is 47.8 Å². The average Bonchev–Trinajstić information content (AvgIpc) is 3.01. The van der Waals surface area contributed by atoms with Crippen LogP contribution in [0, 0.1) is 17.8 Å². The summed E-state index contributed by atoms with van der Waals surface area (Å²) < 4.78 is 0. The van der Waals surface area contributed by atoms with Gasteiger partial charge in [-0.2, -0.15) is 0 Å². The van der Waals surface area contributed by atoms with Gasteiger partial charge in [-0.3, -0.25) is 0 Å². The minimum absolute atomic E-state index is 0.0539. The fraction of sp³-hybridized carbons (Fsp3) is 1.00. The lowest BCUT2D eigenvalue weighted by molar-refractivity contribution is 0.110. The summed E-state index contributed by atoms with van der Waals surface area (Å²) in [6.45, 7) is 8.89. The van der Waals surface area contributed by atoms with E-state index in [0.717, 1.165) is 11.8 Å². The Bertz CT molecular complexity index is 342. The van der Waals surface area contributed by atoms with Gasteiger partial charge in [-0.15, -0.1) is 0 Å². The summed E-state index contributed by atoms with van der Waals surface area (Å²) in [4.78, 5) is 2.67. The maximum Gasteiger partial charge on any atom is 0.0616 e. The summed E-state index contributed by atoms with van der Waals surface area (Å²) in [5, 5.41) is 13.8. The van der Waals surface area contributed by atoms with Crippen LogP contribution in [0.2, 0.25) is 0 Å². The Balaban J connectivity index is 1.49. The first-order valence-electron chi connectivity index (χ1n) is 9.24. The van der Waals surface area contributed by atoms with Crippen LogP contribution < -0.4 is 5.32 Å². The number of hydrogen-bond acceptors (Lipinski definition) is 3. The van der Waals surface area contributed by atoms with Crippen molar-refractivity contribution in [1.82, 2.24) is 10.2 Å². The molecule has 0 aromatic carbocycles. The molecule has 3 fully saturated rings. The number of aliphatic hydroxyl groups excluding tert-OH is 1. The van der Waals surface area contributed by atoms with Gasteiger partial charge in [0, 0.05) is 18.1 Å². The fourth-order valence-electron chi connectivity index (χ4n) is 4.59. The van der Waals surface area contributed by atoms with Gasteiger partial charge < -0.3 is 15.3 Å². The highest BCUT2D eigenvalue weighted by molar-refractivity contribution is 5.03. The van der Waals surface area contributed by atoms with Crippen molar-refractivity contribution in [2.24, 2.45) is 17.8 Å². The zero-order valence-corrected chi connectivity index (χ0v) is 14.0. The van der Waals surface area contributed by atoms with Crippen molar-refractivity contribution in [2.75, 3.05) is 26.2 Å². The van der Waals surface area contributed by atoms with Gasteiger partial charge in [-0.05, 0) is 69.4 Å². The number of nitrogens with zero attached hydrogens (tertiary/aromatic N) is 1. The van der Waals surface area contributed by atoms with E-state index in [1.807, 2.05) is 0 Å². The molecule has 1 heterocycles. The topological polar surface area (TPSA) is 35.5 Å². The zero-order valence-electron chi connectivity index (χ0n) is 14.0. The number of aliphatic hydroxyl groups is 1. The van der Waals surface area contributed by atoms with Crippen molar-refractivity contribution in [2.45, 2.75) is 70.4 Å². The molecular formula is C18H34N2O. The Kier molecular flexibility index (Phi) is 4.92. The molecule has 21 heavy (non-hydrogen) atoms. The van der Waals surface area contributed by atoms with E-state index in [1.54, 1.807) is 0 Å². The van der Waals surface area contributed by atoms with E-state index in [9.17, 15) is 5.11 Å². The first-order chi connectivity index (χ1) is 10.1. The molecule has 122 valence electrons. The van der Waals surface area contributed by atoms with Crippen LogP contribution in [-0.2, 0) is 0 Å². The van der Waals surface area contributed by atoms with Gasteiger partial charge in [0.1, 0.15) is 0 Å². The molecule has 0 bridgehead atoms. The third-order valence-electron chi connectivity index (χ3n) is 6.35. The van der Waals surface area contributed by atoms with E-state index in [0.29, 0.717) is 18.6 Å². The molecule has 2 N–H and O–H groups in total. The molecule has 0 spiro atoms. The number of rotatable bonds is 7. The second-order valence-electron chi connectivity index (χ2n) is 8.20. The summed E-state index contributed by atoms with van der Waals surface area (Å²) >= 11 is 0. The molecule has 1 aliphatic heterocycles. The van der Waals surface area contributed by atoms with E-state index in [1.165, 1.54) is 64.6 Å². The predicted molar refractivity (Wildman–Crippen MR) is 87.3 cm³/mol. The second-order valence-corrected chi connectivity index (χ2v) is 8.20. The molecule has 3 aliphatic rings. The van der Waals surface area contributed by atoms with Crippen molar-refractivity contribution in [3.63, 3.8) is 0 Å². The van der Waals surface area contributed by atoms with Crippen LogP contribution in [0.15, 0.2) is 0 Å². The maximum absolute atomic E-state index is 9.99. The molecule has 3 atom stereocenters. The first-order valence-corrected chi connectivity index (χ1v) is 9.24. The monoisotopic (exact) mass is 294 g/mol. The molecular weight excluding hydrogens is 260 g/mol. The molecule has 2 aliphatic carbocycles. The standard InChI is InChI=1S/C18H34N2O/c1-14(2)15-7-10-20(12-15)11-8-16-4-3-9-18(16,13-21)19-17-5-6-17/h14-17,19,21H,3-13H2,1-2H3. The molecule has 0 amide bonds. The van der Waals surface area contributed by atoms with Gasteiger partial charge in [-0.1, -0.05) is 20.3 Å². The van der Waals surface area contributed by atoms with Crippen molar-refractivity contribution in [3.8, 4) is 0 Å². The maximum atomic E-state index is 9.99. The van der Waals surface area contributed by atoms with Gasteiger partial charge in [0.25, 0.3) is 0 Å². The molecule has 2 saturated carbocycles. The quantitative estimate of drug-likeness (QED) is 0.758. The Morgan fingerprint density at radius 1 is 1.24 bits per heavy atom. The zero-order chi connectivity index (χ0) is 14.9. The highest BCUT2D eigenvalue weighted by atomic mass is 16.3. The highest BCUT2D eigenvalue weighted by Crippen LogP contribution is 2.40. The first kappa shape index (κ1) is 15.8. The summed E-state index contributed by atoms with van der Waals surface area (Å²) in [6.07, 6.45) is 9.06. The van der Waals surface area contributed by atoms with E-state index in [2.05, 4.69) is 24.1 Å². The molecule has 3 nitrogen and oxygen atoms in total. The van der Waals surface area contributed by atoms with Crippen molar-refractivity contribution in [3.05, 3.63) is 0 Å². The molecule has 3 unspecified atom stereocenters. The summed E-state index contributed by atoms with van der Waals surface area (Å²) in [5.74, 6) is 2.41. The molecule has 1 saturated heterocycles. The minimum atomic E-state index is 0.0539.